The van der Waals surface area contributed by atoms with Crippen molar-refractivity contribution in [3.05, 3.63) is 87.3 Å². The predicted molar refractivity (Wildman–Crippen MR) is 129 cm³/mol. The van der Waals surface area contributed by atoms with Crippen molar-refractivity contribution in [1.82, 2.24) is 10.2 Å². The molecule has 0 radical (unpaired) electrons. The smallest absolute Gasteiger partial charge is 0.262 e. The van der Waals surface area contributed by atoms with Crippen LogP contribution >= 0.6 is 11.3 Å². The third-order valence-corrected chi connectivity index (χ3v) is 7.33. The Morgan fingerprint density at radius 1 is 0.882 bits per heavy atom. The molecule has 172 valence electrons. The van der Waals surface area contributed by atoms with Crippen molar-refractivity contribution in [3.8, 4) is 0 Å². The molecule has 0 fully saturated rings. The number of imide groups is 1. The number of hydrogen-bond donors (Lipinski definition) is 2. The Morgan fingerprint density at radius 2 is 1.53 bits per heavy atom. The maximum Gasteiger partial charge on any atom is 0.262 e. The SMILES string of the molecule is O=C(CN1C(=O)c2ccccc2C1=O)Nc1sc2c(c1C(=O)NCc1ccccc1)CCCC2. The van der Waals surface area contributed by atoms with Gasteiger partial charge in [-0.1, -0.05) is 42.5 Å². The van der Waals surface area contributed by atoms with Crippen LogP contribution in [0.3, 0.4) is 0 Å². The molecule has 1 aliphatic heterocycles. The molecule has 3 aromatic rings. The lowest BCUT2D eigenvalue weighted by atomic mass is 9.95. The summed E-state index contributed by atoms with van der Waals surface area (Å²) < 4.78 is 0. The second-order valence-corrected chi connectivity index (χ2v) is 9.48. The minimum absolute atomic E-state index is 0.237. The number of aryl methyl sites for hydroxylation is 1. The second-order valence-electron chi connectivity index (χ2n) is 8.37. The van der Waals surface area contributed by atoms with E-state index in [1.54, 1.807) is 24.3 Å². The maximum atomic E-state index is 13.2. The van der Waals surface area contributed by atoms with E-state index in [0.29, 0.717) is 28.2 Å². The lowest BCUT2D eigenvalue weighted by Crippen LogP contribution is -2.37. The molecule has 2 N–H and O–H groups in total. The van der Waals surface area contributed by atoms with Crippen molar-refractivity contribution in [2.75, 3.05) is 11.9 Å². The van der Waals surface area contributed by atoms with Gasteiger partial charge in [0.1, 0.15) is 11.5 Å². The lowest BCUT2D eigenvalue weighted by molar-refractivity contribution is -0.116. The van der Waals surface area contributed by atoms with Gasteiger partial charge in [-0.25, -0.2) is 0 Å². The van der Waals surface area contributed by atoms with Gasteiger partial charge in [-0.05, 0) is 48.9 Å². The van der Waals surface area contributed by atoms with Crippen molar-refractivity contribution >= 4 is 40.0 Å². The number of rotatable bonds is 6. The summed E-state index contributed by atoms with van der Waals surface area (Å²) in [6, 6.07) is 16.2. The van der Waals surface area contributed by atoms with Gasteiger partial charge in [-0.2, -0.15) is 0 Å². The van der Waals surface area contributed by atoms with E-state index >= 15 is 0 Å². The van der Waals surface area contributed by atoms with E-state index in [4.69, 9.17) is 0 Å². The highest BCUT2D eigenvalue weighted by molar-refractivity contribution is 7.17. The Bertz CT molecular complexity index is 1260. The topological polar surface area (TPSA) is 95.6 Å². The fraction of sp³-hybridized carbons (Fsp3) is 0.231. The van der Waals surface area contributed by atoms with Gasteiger partial charge in [0, 0.05) is 11.4 Å². The highest BCUT2D eigenvalue weighted by atomic mass is 32.1. The van der Waals surface area contributed by atoms with E-state index in [1.165, 1.54) is 11.3 Å². The van der Waals surface area contributed by atoms with Crippen LogP contribution in [0, 0.1) is 0 Å². The van der Waals surface area contributed by atoms with Gasteiger partial charge in [0.15, 0.2) is 0 Å². The van der Waals surface area contributed by atoms with Gasteiger partial charge in [0.05, 0.1) is 16.7 Å². The monoisotopic (exact) mass is 473 g/mol. The molecule has 2 aliphatic rings. The van der Waals surface area contributed by atoms with E-state index in [2.05, 4.69) is 10.6 Å². The van der Waals surface area contributed by atoms with Crippen LogP contribution in [0.5, 0.6) is 0 Å². The Hall–Kier alpha value is -3.78. The number of benzene rings is 2. The molecule has 0 saturated heterocycles. The number of carbonyl (C=O) groups is 4. The van der Waals surface area contributed by atoms with Crippen LogP contribution in [0.25, 0.3) is 0 Å². The normalized spacial score (nSPS) is 14.5. The third-order valence-electron chi connectivity index (χ3n) is 6.13. The summed E-state index contributed by atoms with van der Waals surface area (Å²) in [4.78, 5) is 53.3. The largest absolute Gasteiger partial charge is 0.348 e. The van der Waals surface area contributed by atoms with Gasteiger partial charge >= 0.3 is 0 Å². The number of fused-ring (bicyclic) bond motifs is 2. The number of anilines is 1. The fourth-order valence-electron chi connectivity index (χ4n) is 4.45. The Morgan fingerprint density at radius 3 is 2.24 bits per heavy atom. The quantitative estimate of drug-likeness (QED) is 0.533. The highest BCUT2D eigenvalue weighted by Gasteiger charge is 2.36. The maximum absolute atomic E-state index is 13.2. The average Bonchev–Trinajstić information content (AvgIpc) is 3.33. The first-order valence-corrected chi connectivity index (χ1v) is 12.1. The van der Waals surface area contributed by atoms with Crippen molar-refractivity contribution in [2.24, 2.45) is 0 Å². The number of nitrogens with zero attached hydrogens (tertiary/aromatic N) is 1. The molecule has 0 bridgehead atoms. The Balaban J connectivity index is 1.34. The van der Waals surface area contributed by atoms with Crippen LogP contribution in [0.2, 0.25) is 0 Å². The lowest BCUT2D eigenvalue weighted by Gasteiger charge is -2.15. The van der Waals surface area contributed by atoms with E-state index in [9.17, 15) is 19.2 Å². The molecule has 7 nitrogen and oxygen atoms in total. The predicted octanol–water partition coefficient (Wildman–Crippen LogP) is 3.79. The number of amides is 4. The standard InChI is InChI=1S/C26H23N3O4S/c30-21(15-29-25(32)17-10-4-5-11-18(17)26(29)33)28-24-22(19-12-6-7-13-20(19)34-24)23(31)27-14-16-8-2-1-3-9-16/h1-5,8-11H,6-7,12-15H2,(H,27,31)(H,28,30). The van der Waals surface area contributed by atoms with Crippen molar-refractivity contribution in [3.63, 3.8) is 0 Å². The van der Waals surface area contributed by atoms with E-state index in [1.807, 2.05) is 30.3 Å². The van der Waals surface area contributed by atoms with Crippen LogP contribution in [0.1, 0.15) is 59.9 Å². The van der Waals surface area contributed by atoms with Crippen LogP contribution in [0.15, 0.2) is 54.6 Å². The first-order chi connectivity index (χ1) is 16.5. The molecule has 4 amide bonds. The number of nitrogens with one attached hydrogen (secondary N) is 2. The average molecular weight is 474 g/mol. The summed E-state index contributed by atoms with van der Waals surface area (Å²) >= 11 is 1.41. The Kier molecular flexibility index (Phi) is 5.98. The molecule has 0 unspecified atom stereocenters. The third kappa shape index (κ3) is 4.12. The van der Waals surface area contributed by atoms with Gasteiger partial charge < -0.3 is 10.6 Å². The minimum Gasteiger partial charge on any atom is -0.348 e. The fourth-order valence-corrected chi connectivity index (χ4v) is 5.76. The molecular weight excluding hydrogens is 450 g/mol. The zero-order valence-electron chi connectivity index (χ0n) is 18.4. The van der Waals surface area contributed by atoms with Crippen molar-refractivity contribution < 1.29 is 19.2 Å². The molecule has 0 spiro atoms. The van der Waals surface area contributed by atoms with Crippen LogP contribution in [0.4, 0.5) is 5.00 Å². The number of carbonyl (C=O) groups excluding carboxylic acids is 4. The van der Waals surface area contributed by atoms with Crippen LogP contribution in [-0.4, -0.2) is 35.1 Å². The summed E-state index contributed by atoms with van der Waals surface area (Å²) in [6.07, 6.45) is 3.69. The molecule has 5 rings (SSSR count). The van der Waals surface area contributed by atoms with Gasteiger partial charge in [-0.15, -0.1) is 11.3 Å². The highest BCUT2D eigenvalue weighted by Crippen LogP contribution is 2.38. The van der Waals surface area contributed by atoms with Crippen LogP contribution in [-0.2, 0) is 24.2 Å². The molecular formula is C26H23N3O4S. The summed E-state index contributed by atoms with van der Waals surface area (Å²) in [5.41, 5.74) is 3.06. The molecule has 0 saturated carbocycles. The second kappa shape index (κ2) is 9.23. The summed E-state index contributed by atoms with van der Waals surface area (Å²) in [7, 11) is 0. The van der Waals surface area contributed by atoms with Crippen LogP contribution < -0.4 is 10.6 Å². The minimum atomic E-state index is -0.509. The van der Waals surface area contributed by atoms with Gasteiger partial charge in [-0.3, -0.25) is 24.1 Å². The molecule has 2 aromatic carbocycles. The first kappa shape index (κ1) is 22.0. The van der Waals surface area contributed by atoms with E-state index in [0.717, 1.165) is 46.6 Å². The summed E-state index contributed by atoms with van der Waals surface area (Å²) in [6.45, 7) is -0.0211. The molecule has 0 atom stereocenters. The summed E-state index contributed by atoms with van der Waals surface area (Å²) in [5, 5.41) is 6.25. The van der Waals surface area contributed by atoms with Crippen molar-refractivity contribution in [1.29, 1.82) is 0 Å². The van der Waals surface area contributed by atoms with Gasteiger partial charge in [0.2, 0.25) is 5.91 Å². The molecule has 2 heterocycles. The Labute approximate surface area is 200 Å². The molecule has 1 aromatic heterocycles. The van der Waals surface area contributed by atoms with Crippen molar-refractivity contribution in [2.45, 2.75) is 32.2 Å². The molecule has 8 heteroatoms. The zero-order chi connectivity index (χ0) is 23.7. The number of hydrogen-bond acceptors (Lipinski definition) is 5. The van der Waals surface area contributed by atoms with E-state index < -0.39 is 24.3 Å². The first-order valence-electron chi connectivity index (χ1n) is 11.2. The van der Waals surface area contributed by atoms with E-state index in [-0.39, 0.29) is 5.91 Å². The molecule has 34 heavy (non-hydrogen) atoms. The zero-order valence-corrected chi connectivity index (χ0v) is 19.2. The van der Waals surface area contributed by atoms with Gasteiger partial charge in [0.25, 0.3) is 17.7 Å². The summed E-state index contributed by atoms with van der Waals surface area (Å²) in [5.74, 6) is -1.71. The molecule has 1 aliphatic carbocycles. The number of thiophene rings is 1.